The van der Waals surface area contributed by atoms with Crippen LogP contribution in [0.25, 0.3) is 0 Å². The fourth-order valence-corrected chi connectivity index (χ4v) is 1.64. The summed E-state index contributed by atoms with van der Waals surface area (Å²) in [5.41, 5.74) is 2.42. The number of aryl methyl sites for hydroxylation is 1. The van der Waals surface area contributed by atoms with Gasteiger partial charge < -0.3 is 10.1 Å². The van der Waals surface area contributed by atoms with Crippen LogP contribution < -0.4 is 10.1 Å². The van der Waals surface area contributed by atoms with Crippen LogP contribution in [-0.4, -0.2) is 17.1 Å². The third-order valence-corrected chi connectivity index (χ3v) is 2.62. The van der Waals surface area contributed by atoms with Crippen molar-refractivity contribution in [2.75, 3.05) is 12.4 Å². The molecule has 5 heteroatoms. The smallest absolute Gasteiger partial charge is 0.213 e. The standard InChI is InChI=1S/C14H14N4O/c1-10-3-4-12(8-15)14(18-10)17-9-11-5-6-16-13(7-11)19-2/h3-7H,9H2,1-2H3,(H,17,18). The Labute approximate surface area is 111 Å². The van der Waals surface area contributed by atoms with Crippen molar-refractivity contribution in [3.63, 3.8) is 0 Å². The van der Waals surface area contributed by atoms with E-state index in [-0.39, 0.29) is 0 Å². The van der Waals surface area contributed by atoms with Crippen molar-refractivity contribution in [1.29, 1.82) is 5.26 Å². The lowest BCUT2D eigenvalue weighted by molar-refractivity contribution is 0.397. The number of nitriles is 1. The Hall–Kier alpha value is -2.61. The van der Waals surface area contributed by atoms with E-state index in [0.717, 1.165) is 11.3 Å². The zero-order valence-corrected chi connectivity index (χ0v) is 10.8. The fourth-order valence-electron chi connectivity index (χ4n) is 1.64. The van der Waals surface area contributed by atoms with E-state index >= 15 is 0 Å². The van der Waals surface area contributed by atoms with Crippen molar-refractivity contribution < 1.29 is 4.74 Å². The van der Waals surface area contributed by atoms with Crippen molar-refractivity contribution in [1.82, 2.24) is 9.97 Å². The topological polar surface area (TPSA) is 70.8 Å². The van der Waals surface area contributed by atoms with E-state index in [1.165, 1.54) is 0 Å². The van der Waals surface area contributed by atoms with Gasteiger partial charge >= 0.3 is 0 Å². The van der Waals surface area contributed by atoms with Crippen LogP contribution in [0.4, 0.5) is 5.82 Å². The molecule has 1 N–H and O–H groups in total. The molecule has 0 atom stereocenters. The van der Waals surface area contributed by atoms with Crippen molar-refractivity contribution in [3.8, 4) is 11.9 Å². The molecule has 2 aromatic heterocycles. The lowest BCUT2D eigenvalue weighted by Crippen LogP contribution is -2.04. The average molecular weight is 254 g/mol. The normalized spacial score (nSPS) is 9.74. The van der Waals surface area contributed by atoms with Crippen LogP contribution >= 0.6 is 0 Å². The minimum Gasteiger partial charge on any atom is -0.481 e. The average Bonchev–Trinajstić information content (AvgIpc) is 2.45. The SMILES string of the molecule is COc1cc(CNc2nc(C)ccc2C#N)ccn1. The van der Waals surface area contributed by atoms with Crippen molar-refractivity contribution in [2.45, 2.75) is 13.5 Å². The summed E-state index contributed by atoms with van der Waals surface area (Å²) in [7, 11) is 1.58. The highest BCUT2D eigenvalue weighted by Crippen LogP contribution is 2.15. The van der Waals surface area contributed by atoms with Gasteiger partial charge in [-0.2, -0.15) is 5.26 Å². The molecule has 0 fully saturated rings. The second-order valence-corrected chi connectivity index (χ2v) is 4.02. The molecule has 0 unspecified atom stereocenters. The van der Waals surface area contributed by atoms with Gasteiger partial charge in [-0.3, -0.25) is 0 Å². The molecule has 2 rings (SSSR count). The minimum atomic E-state index is 0.534. The van der Waals surface area contributed by atoms with E-state index in [0.29, 0.717) is 23.8 Å². The number of nitrogens with one attached hydrogen (secondary N) is 1. The van der Waals surface area contributed by atoms with Crippen LogP contribution in [0, 0.1) is 18.3 Å². The van der Waals surface area contributed by atoms with Crippen LogP contribution in [0.2, 0.25) is 0 Å². The summed E-state index contributed by atoms with van der Waals surface area (Å²) in [6.45, 7) is 2.45. The number of rotatable bonds is 4. The van der Waals surface area contributed by atoms with Crippen molar-refractivity contribution in [2.24, 2.45) is 0 Å². The zero-order chi connectivity index (χ0) is 13.7. The Morgan fingerprint density at radius 3 is 2.95 bits per heavy atom. The highest BCUT2D eigenvalue weighted by molar-refractivity contribution is 5.52. The van der Waals surface area contributed by atoms with E-state index in [4.69, 9.17) is 10.00 Å². The highest BCUT2D eigenvalue weighted by atomic mass is 16.5. The number of ether oxygens (including phenoxy) is 1. The molecule has 0 aliphatic rings. The largest absolute Gasteiger partial charge is 0.481 e. The molecule has 5 nitrogen and oxygen atoms in total. The monoisotopic (exact) mass is 254 g/mol. The second kappa shape index (κ2) is 5.83. The Kier molecular flexibility index (Phi) is 3.94. The lowest BCUT2D eigenvalue weighted by atomic mass is 10.2. The third kappa shape index (κ3) is 3.19. The summed E-state index contributed by atoms with van der Waals surface area (Å²) in [5, 5.41) is 12.2. The van der Waals surface area contributed by atoms with Gasteiger partial charge in [-0.05, 0) is 30.7 Å². The van der Waals surface area contributed by atoms with Crippen LogP contribution in [-0.2, 0) is 6.54 Å². The van der Waals surface area contributed by atoms with Crippen LogP contribution in [0.3, 0.4) is 0 Å². The zero-order valence-electron chi connectivity index (χ0n) is 10.8. The number of pyridine rings is 2. The van der Waals surface area contributed by atoms with Gasteiger partial charge in [-0.15, -0.1) is 0 Å². The molecular formula is C14H14N4O. The first-order valence-electron chi connectivity index (χ1n) is 5.83. The quantitative estimate of drug-likeness (QED) is 0.906. The van der Waals surface area contributed by atoms with Gasteiger partial charge in [0.25, 0.3) is 0 Å². The fraction of sp³-hybridized carbons (Fsp3) is 0.214. The third-order valence-electron chi connectivity index (χ3n) is 2.62. The molecule has 2 aromatic rings. The van der Waals surface area contributed by atoms with E-state index in [1.807, 2.05) is 25.1 Å². The first-order chi connectivity index (χ1) is 9.22. The molecule has 0 bridgehead atoms. The predicted octanol–water partition coefficient (Wildman–Crippen LogP) is 2.28. The maximum atomic E-state index is 9.03. The van der Waals surface area contributed by atoms with Gasteiger partial charge in [-0.25, -0.2) is 9.97 Å². The number of hydrogen-bond donors (Lipinski definition) is 1. The molecular weight excluding hydrogens is 240 g/mol. The maximum Gasteiger partial charge on any atom is 0.213 e. The summed E-state index contributed by atoms with van der Waals surface area (Å²) in [5.74, 6) is 1.16. The molecule has 0 saturated heterocycles. The molecule has 0 aliphatic carbocycles. The molecule has 0 saturated carbocycles. The van der Waals surface area contributed by atoms with E-state index in [2.05, 4.69) is 21.4 Å². The van der Waals surface area contributed by atoms with Crippen molar-refractivity contribution >= 4 is 5.82 Å². The predicted molar refractivity (Wildman–Crippen MR) is 71.8 cm³/mol. The van der Waals surface area contributed by atoms with Gasteiger partial charge in [0.1, 0.15) is 11.9 Å². The molecule has 0 amide bonds. The number of methoxy groups -OCH3 is 1. The first kappa shape index (κ1) is 12.8. The Balaban J connectivity index is 2.14. The molecule has 0 aromatic carbocycles. The number of nitrogens with zero attached hydrogens (tertiary/aromatic N) is 3. The first-order valence-corrected chi connectivity index (χ1v) is 5.83. The molecule has 2 heterocycles. The van der Waals surface area contributed by atoms with Gasteiger partial charge in [0.15, 0.2) is 0 Å². The number of anilines is 1. The molecule has 0 aliphatic heterocycles. The molecule has 0 spiro atoms. The summed E-state index contributed by atoms with van der Waals surface area (Å²) in [4.78, 5) is 8.36. The number of hydrogen-bond acceptors (Lipinski definition) is 5. The highest BCUT2D eigenvalue weighted by Gasteiger charge is 2.04. The van der Waals surface area contributed by atoms with Gasteiger partial charge in [0.05, 0.1) is 12.7 Å². The minimum absolute atomic E-state index is 0.534. The Bertz CT molecular complexity index is 619. The van der Waals surface area contributed by atoms with E-state index < -0.39 is 0 Å². The van der Waals surface area contributed by atoms with Gasteiger partial charge in [0.2, 0.25) is 5.88 Å². The molecule has 96 valence electrons. The summed E-state index contributed by atoms with van der Waals surface area (Å²) >= 11 is 0. The molecule has 19 heavy (non-hydrogen) atoms. The summed E-state index contributed by atoms with van der Waals surface area (Å²) < 4.78 is 5.06. The summed E-state index contributed by atoms with van der Waals surface area (Å²) in [6.07, 6.45) is 1.69. The Morgan fingerprint density at radius 2 is 2.21 bits per heavy atom. The maximum absolute atomic E-state index is 9.03. The summed E-state index contributed by atoms with van der Waals surface area (Å²) in [6, 6.07) is 9.43. The molecule has 0 radical (unpaired) electrons. The van der Waals surface area contributed by atoms with Crippen molar-refractivity contribution in [3.05, 3.63) is 47.3 Å². The number of aromatic nitrogens is 2. The van der Waals surface area contributed by atoms with E-state index in [1.54, 1.807) is 19.4 Å². The van der Waals surface area contributed by atoms with Gasteiger partial charge in [-0.1, -0.05) is 0 Å². The van der Waals surface area contributed by atoms with Crippen LogP contribution in [0.5, 0.6) is 5.88 Å². The van der Waals surface area contributed by atoms with Gasteiger partial charge in [0, 0.05) is 24.5 Å². The van der Waals surface area contributed by atoms with E-state index in [9.17, 15) is 0 Å². The second-order valence-electron chi connectivity index (χ2n) is 4.02. The van der Waals surface area contributed by atoms with Crippen LogP contribution in [0.15, 0.2) is 30.5 Å². The Morgan fingerprint density at radius 1 is 1.37 bits per heavy atom. The lowest BCUT2D eigenvalue weighted by Gasteiger charge is -2.08. The van der Waals surface area contributed by atoms with Crippen LogP contribution in [0.1, 0.15) is 16.8 Å².